The Labute approximate surface area is 149 Å². The minimum atomic E-state index is 0.291. The van der Waals surface area contributed by atoms with Crippen molar-refractivity contribution in [3.63, 3.8) is 0 Å². The molecule has 2 aromatic rings. The molecule has 0 N–H and O–H groups in total. The van der Waals surface area contributed by atoms with Crippen molar-refractivity contribution in [3.05, 3.63) is 48.5 Å². The monoisotopic (exact) mass is 341 g/mol. The Hall–Kier alpha value is -2.30. The fourth-order valence-corrected chi connectivity index (χ4v) is 3.47. The number of carbonyl (C=O) groups excluding carboxylic acids is 1. The molecule has 0 spiro atoms. The van der Waals surface area contributed by atoms with Crippen LogP contribution in [-0.4, -0.2) is 40.6 Å². The van der Waals surface area contributed by atoms with Crippen molar-refractivity contribution in [1.82, 2.24) is 14.5 Å². The second-order valence-corrected chi connectivity index (χ2v) is 6.70. The van der Waals surface area contributed by atoms with Gasteiger partial charge in [0, 0.05) is 31.9 Å². The first-order chi connectivity index (χ1) is 12.3. The van der Waals surface area contributed by atoms with E-state index in [-0.39, 0.29) is 0 Å². The van der Waals surface area contributed by atoms with Crippen LogP contribution in [0.15, 0.2) is 43.0 Å². The number of nitrogens with zero attached hydrogens (tertiary/aromatic N) is 3. The predicted molar refractivity (Wildman–Crippen MR) is 97.6 cm³/mol. The Kier molecular flexibility index (Phi) is 6.09. The van der Waals surface area contributed by atoms with Crippen LogP contribution in [0.4, 0.5) is 0 Å². The Morgan fingerprint density at radius 1 is 1.28 bits per heavy atom. The highest BCUT2D eigenvalue weighted by Crippen LogP contribution is 2.22. The van der Waals surface area contributed by atoms with E-state index >= 15 is 0 Å². The molecule has 1 unspecified atom stereocenters. The average molecular weight is 341 g/mol. The molecule has 0 radical (unpaired) electrons. The minimum absolute atomic E-state index is 0.291. The molecule has 1 aliphatic rings. The molecule has 1 aliphatic heterocycles. The molecule has 25 heavy (non-hydrogen) atoms. The van der Waals surface area contributed by atoms with E-state index in [1.54, 1.807) is 13.3 Å². The molecule has 1 amide bonds. The van der Waals surface area contributed by atoms with Crippen molar-refractivity contribution in [1.29, 1.82) is 0 Å². The summed E-state index contributed by atoms with van der Waals surface area (Å²) in [6.45, 7) is 1.70. The van der Waals surface area contributed by atoms with E-state index in [0.717, 1.165) is 50.9 Å². The molecule has 0 saturated carbocycles. The van der Waals surface area contributed by atoms with Crippen LogP contribution in [0.25, 0.3) is 0 Å². The maximum atomic E-state index is 12.5. The summed E-state index contributed by atoms with van der Waals surface area (Å²) in [7, 11) is 1.68. The van der Waals surface area contributed by atoms with Crippen LogP contribution in [0.5, 0.6) is 5.75 Å². The number of imidazole rings is 1. The number of aromatic nitrogens is 2. The number of methoxy groups -OCH3 is 1. The Bertz CT molecular complexity index is 652. The van der Waals surface area contributed by atoms with Gasteiger partial charge in [0.1, 0.15) is 5.75 Å². The van der Waals surface area contributed by atoms with Crippen molar-refractivity contribution < 1.29 is 9.53 Å². The molecule has 1 atom stereocenters. The number of likely N-dealkylation sites (tertiary alicyclic amines) is 1. The maximum Gasteiger partial charge on any atom is 0.222 e. The van der Waals surface area contributed by atoms with Gasteiger partial charge in [0.15, 0.2) is 0 Å². The SMILES string of the molecule is COc1ccc(CCCCC(=O)N2CCCC(n3ccnc3)C2)cc1. The van der Waals surface area contributed by atoms with E-state index in [0.29, 0.717) is 18.4 Å². The maximum absolute atomic E-state index is 12.5. The van der Waals surface area contributed by atoms with Crippen LogP contribution in [0, 0.1) is 0 Å². The summed E-state index contributed by atoms with van der Waals surface area (Å²) in [5.41, 5.74) is 1.30. The average Bonchev–Trinajstić information content (AvgIpc) is 3.20. The van der Waals surface area contributed by atoms with Gasteiger partial charge in [-0.05, 0) is 49.8 Å². The second kappa shape index (κ2) is 8.70. The highest BCUT2D eigenvalue weighted by molar-refractivity contribution is 5.76. The summed E-state index contributed by atoms with van der Waals surface area (Å²) in [4.78, 5) is 18.6. The molecule has 5 heteroatoms. The van der Waals surface area contributed by atoms with Crippen LogP contribution < -0.4 is 4.74 Å². The van der Waals surface area contributed by atoms with Crippen molar-refractivity contribution in [2.45, 2.75) is 44.6 Å². The molecule has 1 aromatic heterocycles. The molecule has 1 saturated heterocycles. The third-order valence-electron chi connectivity index (χ3n) is 4.96. The van der Waals surface area contributed by atoms with Gasteiger partial charge in [-0.2, -0.15) is 0 Å². The van der Waals surface area contributed by atoms with Gasteiger partial charge in [-0.3, -0.25) is 4.79 Å². The van der Waals surface area contributed by atoms with Gasteiger partial charge >= 0.3 is 0 Å². The van der Waals surface area contributed by atoms with Gasteiger partial charge in [-0.1, -0.05) is 12.1 Å². The number of benzene rings is 1. The summed E-state index contributed by atoms with van der Waals surface area (Å²) >= 11 is 0. The number of amides is 1. The summed E-state index contributed by atoms with van der Waals surface area (Å²) in [5, 5.41) is 0. The highest BCUT2D eigenvalue weighted by Gasteiger charge is 2.23. The summed E-state index contributed by atoms with van der Waals surface area (Å²) in [6.07, 6.45) is 11.5. The van der Waals surface area contributed by atoms with Gasteiger partial charge in [0.2, 0.25) is 5.91 Å². The first-order valence-electron chi connectivity index (χ1n) is 9.14. The summed E-state index contributed by atoms with van der Waals surface area (Å²) in [6, 6.07) is 8.55. The number of hydrogen-bond donors (Lipinski definition) is 0. The van der Waals surface area contributed by atoms with Crippen molar-refractivity contribution >= 4 is 5.91 Å². The first-order valence-corrected chi connectivity index (χ1v) is 9.14. The Balaban J connectivity index is 1.39. The van der Waals surface area contributed by atoms with Gasteiger partial charge in [-0.25, -0.2) is 4.98 Å². The van der Waals surface area contributed by atoms with Crippen LogP contribution >= 0.6 is 0 Å². The van der Waals surface area contributed by atoms with E-state index in [9.17, 15) is 4.79 Å². The molecular formula is C20H27N3O2. The Morgan fingerprint density at radius 3 is 2.84 bits per heavy atom. The molecule has 0 aliphatic carbocycles. The van der Waals surface area contributed by atoms with Gasteiger partial charge in [0.25, 0.3) is 0 Å². The van der Waals surface area contributed by atoms with Crippen LogP contribution in [0.2, 0.25) is 0 Å². The minimum Gasteiger partial charge on any atom is -0.497 e. The molecule has 1 fully saturated rings. The highest BCUT2D eigenvalue weighted by atomic mass is 16.5. The largest absolute Gasteiger partial charge is 0.497 e. The van der Waals surface area contributed by atoms with Gasteiger partial charge in [0.05, 0.1) is 19.5 Å². The zero-order valence-electron chi connectivity index (χ0n) is 14.9. The molecule has 2 heterocycles. The lowest BCUT2D eigenvalue weighted by atomic mass is 10.0. The fraction of sp³-hybridized carbons (Fsp3) is 0.500. The van der Waals surface area contributed by atoms with E-state index < -0.39 is 0 Å². The number of ether oxygens (including phenoxy) is 1. The smallest absolute Gasteiger partial charge is 0.222 e. The number of rotatable bonds is 7. The summed E-state index contributed by atoms with van der Waals surface area (Å²) in [5.74, 6) is 1.18. The van der Waals surface area contributed by atoms with E-state index in [4.69, 9.17) is 4.74 Å². The topological polar surface area (TPSA) is 47.4 Å². The van der Waals surface area contributed by atoms with Crippen LogP contribution in [-0.2, 0) is 11.2 Å². The molecule has 134 valence electrons. The number of hydrogen-bond acceptors (Lipinski definition) is 3. The lowest BCUT2D eigenvalue weighted by Crippen LogP contribution is -2.40. The molecule has 1 aromatic carbocycles. The lowest BCUT2D eigenvalue weighted by molar-refractivity contribution is -0.132. The lowest BCUT2D eigenvalue weighted by Gasteiger charge is -2.33. The van der Waals surface area contributed by atoms with Crippen LogP contribution in [0.1, 0.15) is 43.7 Å². The third kappa shape index (κ3) is 4.84. The number of carbonyl (C=O) groups is 1. The number of piperidine rings is 1. The summed E-state index contributed by atoms with van der Waals surface area (Å²) < 4.78 is 7.30. The van der Waals surface area contributed by atoms with Crippen molar-refractivity contribution in [2.24, 2.45) is 0 Å². The second-order valence-electron chi connectivity index (χ2n) is 6.70. The zero-order valence-corrected chi connectivity index (χ0v) is 14.9. The molecular weight excluding hydrogens is 314 g/mol. The van der Waals surface area contributed by atoms with Crippen molar-refractivity contribution in [3.8, 4) is 5.75 Å². The van der Waals surface area contributed by atoms with Gasteiger partial charge < -0.3 is 14.2 Å². The Morgan fingerprint density at radius 2 is 2.12 bits per heavy atom. The molecule has 5 nitrogen and oxygen atoms in total. The first kappa shape index (κ1) is 17.5. The molecule has 3 rings (SSSR count). The quantitative estimate of drug-likeness (QED) is 0.725. The third-order valence-corrected chi connectivity index (χ3v) is 4.96. The predicted octanol–water partition coefficient (Wildman–Crippen LogP) is 3.47. The van der Waals surface area contributed by atoms with E-state index in [1.165, 1.54) is 5.56 Å². The number of unbranched alkanes of at least 4 members (excludes halogenated alkanes) is 1. The van der Waals surface area contributed by atoms with E-state index in [1.807, 2.05) is 29.6 Å². The van der Waals surface area contributed by atoms with Gasteiger partial charge in [-0.15, -0.1) is 0 Å². The van der Waals surface area contributed by atoms with E-state index in [2.05, 4.69) is 21.7 Å². The number of aryl methyl sites for hydroxylation is 1. The zero-order chi connectivity index (χ0) is 17.5. The molecule has 0 bridgehead atoms. The van der Waals surface area contributed by atoms with Crippen molar-refractivity contribution in [2.75, 3.05) is 20.2 Å². The standard InChI is InChI=1S/C20H27N3O2/c1-25-19-10-8-17(9-11-19)5-2-3-7-20(24)22-13-4-6-18(15-22)23-14-12-21-16-23/h8-12,14,16,18H,2-7,13,15H2,1H3. The van der Waals surface area contributed by atoms with Crippen LogP contribution in [0.3, 0.4) is 0 Å². The fourth-order valence-electron chi connectivity index (χ4n) is 3.47. The normalized spacial score (nSPS) is 17.5.